The van der Waals surface area contributed by atoms with E-state index in [1.54, 1.807) is 6.33 Å². The van der Waals surface area contributed by atoms with Crippen molar-refractivity contribution in [2.24, 2.45) is 17.8 Å². The summed E-state index contributed by atoms with van der Waals surface area (Å²) in [7, 11) is 0. The van der Waals surface area contributed by atoms with Gasteiger partial charge in [0.1, 0.15) is 6.33 Å². The predicted molar refractivity (Wildman–Crippen MR) is 90.9 cm³/mol. The van der Waals surface area contributed by atoms with E-state index in [1.807, 2.05) is 22.8 Å². The molecule has 1 N–H and O–H groups in total. The molecule has 24 heavy (non-hydrogen) atoms. The van der Waals surface area contributed by atoms with Crippen LogP contribution in [0.5, 0.6) is 0 Å². The monoisotopic (exact) mass is 322 g/mol. The van der Waals surface area contributed by atoms with Gasteiger partial charge in [0.2, 0.25) is 5.91 Å². The third kappa shape index (κ3) is 3.11. The van der Waals surface area contributed by atoms with Crippen LogP contribution < -0.4 is 5.32 Å². The van der Waals surface area contributed by atoms with Gasteiger partial charge in [-0.3, -0.25) is 4.79 Å². The van der Waals surface area contributed by atoms with Gasteiger partial charge in [0, 0.05) is 12.5 Å². The largest absolute Gasteiger partial charge is 0.349 e. The Bertz CT molecular complexity index is 737. The average Bonchev–Trinajstić information content (AvgIpc) is 3.35. The highest BCUT2D eigenvalue weighted by Gasteiger charge is 2.39. The third-order valence-corrected chi connectivity index (χ3v) is 5.22. The first kappa shape index (κ1) is 15.1. The molecule has 1 saturated carbocycles. The van der Waals surface area contributed by atoms with Crippen molar-refractivity contribution in [1.82, 2.24) is 20.1 Å². The van der Waals surface area contributed by atoms with E-state index < -0.39 is 0 Å². The van der Waals surface area contributed by atoms with Crippen molar-refractivity contribution < 1.29 is 4.79 Å². The molecule has 3 atom stereocenters. The van der Waals surface area contributed by atoms with Crippen LogP contribution in [0.15, 0.2) is 48.8 Å². The fourth-order valence-corrected chi connectivity index (χ4v) is 3.88. The van der Waals surface area contributed by atoms with Crippen LogP contribution in [0.1, 0.15) is 24.2 Å². The number of benzene rings is 1. The fourth-order valence-electron chi connectivity index (χ4n) is 3.88. The lowest BCUT2D eigenvalue weighted by Crippen LogP contribution is -2.33. The lowest BCUT2D eigenvalue weighted by atomic mass is 9.93. The number of amides is 1. The molecule has 0 saturated heterocycles. The Morgan fingerprint density at radius 1 is 1.21 bits per heavy atom. The predicted octanol–water partition coefficient (Wildman–Crippen LogP) is 2.35. The fraction of sp³-hybridized carbons (Fsp3) is 0.421. The van der Waals surface area contributed by atoms with Crippen molar-refractivity contribution in [2.45, 2.75) is 32.4 Å². The van der Waals surface area contributed by atoms with Gasteiger partial charge in [-0.15, -0.1) is 10.2 Å². The molecule has 0 aliphatic heterocycles. The highest BCUT2D eigenvalue weighted by Crippen LogP contribution is 2.43. The lowest BCUT2D eigenvalue weighted by molar-refractivity contribution is -0.125. The molecular formula is C19H22N4O. The smallest absolute Gasteiger partial charge is 0.224 e. The maximum atomic E-state index is 12.4. The molecule has 2 bridgehead atoms. The van der Waals surface area contributed by atoms with Crippen LogP contribution in [0.2, 0.25) is 0 Å². The number of fused-ring (bicyclic) bond motifs is 2. The van der Waals surface area contributed by atoms with Crippen LogP contribution in [0, 0.1) is 17.8 Å². The molecular weight excluding hydrogens is 300 g/mol. The first-order valence-electron chi connectivity index (χ1n) is 8.66. The van der Waals surface area contributed by atoms with Gasteiger partial charge in [-0.1, -0.05) is 42.5 Å². The summed E-state index contributed by atoms with van der Waals surface area (Å²) in [5, 5.41) is 11.2. The maximum Gasteiger partial charge on any atom is 0.224 e. The molecule has 1 heterocycles. The summed E-state index contributed by atoms with van der Waals surface area (Å²) >= 11 is 0. The van der Waals surface area contributed by atoms with E-state index in [0.717, 1.165) is 31.6 Å². The Balaban J connectivity index is 1.32. The molecule has 5 nitrogen and oxygen atoms in total. The summed E-state index contributed by atoms with van der Waals surface area (Å²) in [4.78, 5) is 12.4. The number of nitrogens with one attached hydrogen (secondary N) is 1. The molecule has 4 rings (SSSR count). The Labute approximate surface area is 141 Å². The Kier molecular flexibility index (Phi) is 4.15. The second-order valence-corrected chi connectivity index (χ2v) is 6.78. The lowest BCUT2D eigenvalue weighted by Gasteiger charge is -2.17. The van der Waals surface area contributed by atoms with E-state index in [9.17, 15) is 4.79 Å². The average molecular weight is 322 g/mol. The quantitative estimate of drug-likeness (QED) is 0.831. The van der Waals surface area contributed by atoms with E-state index in [0.29, 0.717) is 18.4 Å². The van der Waals surface area contributed by atoms with Crippen molar-refractivity contribution >= 4 is 5.91 Å². The van der Waals surface area contributed by atoms with Crippen LogP contribution in [-0.2, 0) is 24.3 Å². The van der Waals surface area contributed by atoms with Gasteiger partial charge < -0.3 is 9.88 Å². The van der Waals surface area contributed by atoms with Crippen molar-refractivity contribution in [2.75, 3.05) is 0 Å². The first-order valence-corrected chi connectivity index (χ1v) is 8.66. The van der Waals surface area contributed by atoms with Gasteiger partial charge in [-0.2, -0.15) is 0 Å². The van der Waals surface area contributed by atoms with E-state index in [4.69, 9.17) is 0 Å². The molecule has 1 aromatic carbocycles. The second kappa shape index (κ2) is 6.59. The number of aromatic nitrogens is 3. The maximum absolute atomic E-state index is 12.4. The molecule has 0 radical (unpaired) electrons. The number of nitrogens with zero attached hydrogens (tertiary/aromatic N) is 3. The minimum absolute atomic E-state index is 0.140. The number of allylic oxidation sites excluding steroid dienone is 2. The second-order valence-electron chi connectivity index (χ2n) is 6.78. The van der Waals surface area contributed by atoms with E-state index in [1.165, 1.54) is 5.56 Å². The Morgan fingerprint density at radius 3 is 2.83 bits per heavy atom. The first-order chi connectivity index (χ1) is 11.8. The summed E-state index contributed by atoms with van der Waals surface area (Å²) < 4.78 is 2.02. The number of rotatable bonds is 6. The summed E-state index contributed by atoms with van der Waals surface area (Å²) in [5.41, 5.74) is 1.29. The highest BCUT2D eigenvalue weighted by molar-refractivity contribution is 5.79. The molecule has 1 amide bonds. The van der Waals surface area contributed by atoms with Gasteiger partial charge in [0.15, 0.2) is 5.82 Å². The number of aryl methyl sites for hydroxylation is 2. The van der Waals surface area contributed by atoms with Crippen molar-refractivity contribution in [3.05, 3.63) is 60.2 Å². The zero-order chi connectivity index (χ0) is 16.4. The minimum atomic E-state index is 0.140. The van der Waals surface area contributed by atoms with E-state index in [-0.39, 0.29) is 11.8 Å². The molecule has 0 unspecified atom stereocenters. The van der Waals surface area contributed by atoms with Crippen LogP contribution in [0.3, 0.4) is 0 Å². The molecule has 5 heteroatoms. The van der Waals surface area contributed by atoms with Crippen LogP contribution in [0.4, 0.5) is 0 Å². The molecule has 2 aliphatic carbocycles. The standard InChI is InChI=1S/C19H22N4O/c24-19(17-11-15-6-7-16(17)10-15)20-12-18-22-21-13-23(18)9-8-14-4-2-1-3-5-14/h1-7,13,15-17H,8-12H2,(H,20,24)/t15-,16+,17-/m1/s1. The number of hydrogen-bond acceptors (Lipinski definition) is 3. The molecule has 1 fully saturated rings. The van der Waals surface area contributed by atoms with E-state index >= 15 is 0 Å². The molecule has 2 aliphatic rings. The third-order valence-electron chi connectivity index (χ3n) is 5.22. The van der Waals surface area contributed by atoms with Gasteiger partial charge in [0.25, 0.3) is 0 Å². The van der Waals surface area contributed by atoms with E-state index in [2.05, 4.69) is 39.8 Å². The van der Waals surface area contributed by atoms with Crippen LogP contribution >= 0.6 is 0 Å². The normalized spacial score (nSPS) is 24.4. The highest BCUT2D eigenvalue weighted by atomic mass is 16.1. The Hall–Kier alpha value is -2.43. The van der Waals surface area contributed by atoms with Gasteiger partial charge in [0.05, 0.1) is 6.54 Å². The van der Waals surface area contributed by atoms with Gasteiger partial charge >= 0.3 is 0 Å². The van der Waals surface area contributed by atoms with Gasteiger partial charge in [-0.05, 0) is 36.7 Å². The van der Waals surface area contributed by atoms with Crippen molar-refractivity contribution in [3.8, 4) is 0 Å². The summed E-state index contributed by atoms with van der Waals surface area (Å²) in [6.07, 6.45) is 9.27. The van der Waals surface area contributed by atoms with Crippen molar-refractivity contribution in [3.63, 3.8) is 0 Å². The Morgan fingerprint density at radius 2 is 2.08 bits per heavy atom. The number of carbonyl (C=O) groups is 1. The molecule has 124 valence electrons. The summed E-state index contributed by atoms with van der Waals surface area (Å²) in [6, 6.07) is 10.4. The zero-order valence-electron chi connectivity index (χ0n) is 13.6. The topological polar surface area (TPSA) is 59.8 Å². The minimum Gasteiger partial charge on any atom is -0.349 e. The number of hydrogen-bond donors (Lipinski definition) is 1. The zero-order valence-corrected chi connectivity index (χ0v) is 13.6. The summed E-state index contributed by atoms with van der Waals surface area (Å²) in [6.45, 7) is 1.27. The molecule has 2 aromatic rings. The molecule has 0 spiro atoms. The van der Waals surface area contributed by atoms with Crippen LogP contribution in [0.25, 0.3) is 0 Å². The summed E-state index contributed by atoms with van der Waals surface area (Å²) in [5.74, 6) is 2.16. The SMILES string of the molecule is O=C(NCc1nncn1CCc1ccccc1)[C@@H]1C[C@@H]2C=C[C@H]1C2. The molecule has 1 aromatic heterocycles. The van der Waals surface area contributed by atoms with Crippen LogP contribution in [-0.4, -0.2) is 20.7 Å². The van der Waals surface area contributed by atoms with Gasteiger partial charge in [-0.25, -0.2) is 0 Å². The van der Waals surface area contributed by atoms with Crippen molar-refractivity contribution in [1.29, 1.82) is 0 Å². The number of carbonyl (C=O) groups excluding carboxylic acids is 1.